The van der Waals surface area contributed by atoms with E-state index in [1.54, 1.807) is 11.3 Å². The second-order valence-electron chi connectivity index (χ2n) is 12.5. The first-order chi connectivity index (χ1) is 18.3. The molecular formula is C33H56N2OS. The number of amides is 1. The van der Waals surface area contributed by atoms with E-state index in [0.717, 1.165) is 23.5 Å². The zero-order valence-electron chi connectivity index (χ0n) is 24.0. The number of hydrogen-bond acceptors (Lipinski definition) is 3. The van der Waals surface area contributed by atoms with E-state index in [9.17, 15) is 4.79 Å². The monoisotopic (exact) mass is 528 g/mol. The van der Waals surface area contributed by atoms with Crippen molar-refractivity contribution in [1.82, 2.24) is 9.88 Å². The van der Waals surface area contributed by atoms with Gasteiger partial charge in [0.25, 0.3) is 5.91 Å². The molecular weight excluding hydrogens is 472 g/mol. The van der Waals surface area contributed by atoms with Gasteiger partial charge in [0.15, 0.2) is 0 Å². The van der Waals surface area contributed by atoms with E-state index in [4.69, 9.17) is 4.98 Å². The van der Waals surface area contributed by atoms with Gasteiger partial charge in [0.2, 0.25) is 0 Å². The summed E-state index contributed by atoms with van der Waals surface area (Å²) in [6.45, 7) is 0.893. The van der Waals surface area contributed by atoms with Gasteiger partial charge in [0, 0.05) is 24.9 Å². The summed E-state index contributed by atoms with van der Waals surface area (Å²) in [5.41, 5.74) is 1.13. The van der Waals surface area contributed by atoms with E-state index in [1.165, 1.54) is 166 Å². The standard InChI is InChI=1S/C33H56N2OS/c36-33-31-30(26-27-35(33)29-24-20-16-12-8-4-5-9-13-17-21-25-29)34-32(37-31)28-22-18-14-10-6-2-1-3-7-11-15-19-23-28/h28-29H,1-27H2. The van der Waals surface area contributed by atoms with E-state index >= 15 is 0 Å². The quantitative estimate of drug-likeness (QED) is 0.382. The summed E-state index contributed by atoms with van der Waals surface area (Å²) in [6.07, 6.45) is 34.9. The molecule has 0 atom stereocenters. The van der Waals surface area contributed by atoms with E-state index in [-0.39, 0.29) is 0 Å². The molecule has 3 nitrogen and oxygen atoms in total. The van der Waals surface area contributed by atoms with Gasteiger partial charge in [-0.3, -0.25) is 4.79 Å². The van der Waals surface area contributed by atoms with Gasteiger partial charge in [-0.2, -0.15) is 0 Å². The van der Waals surface area contributed by atoms with Crippen molar-refractivity contribution >= 4 is 17.2 Å². The highest BCUT2D eigenvalue weighted by atomic mass is 32.1. The zero-order valence-corrected chi connectivity index (χ0v) is 24.8. The Hall–Kier alpha value is -0.900. The molecule has 0 unspecified atom stereocenters. The van der Waals surface area contributed by atoms with Crippen LogP contribution in [0, 0.1) is 0 Å². The third-order valence-corrected chi connectivity index (χ3v) is 10.7. The summed E-state index contributed by atoms with van der Waals surface area (Å²) in [6, 6.07) is 0.446. The molecule has 0 N–H and O–H groups in total. The van der Waals surface area contributed by atoms with Gasteiger partial charge in [-0.1, -0.05) is 135 Å². The number of carbonyl (C=O) groups excluding carboxylic acids is 1. The van der Waals surface area contributed by atoms with Crippen LogP contribution in [0.3, 0.4) is 0 Å². The molecule has 2 aliphatic carbocycles. The molecule has 0 spiro atoms. The summed E-state index contributed by atoms with van der Waals surface area (Å²) < 4.78 is 0. The topological polar surface area (TPSA) is 33.2 Å². The molecule has 0 saturated heterocycles. The number of carbonyl (C=O) groups is 1. The molecule has 2 fully saturated rings. The van der Waals surface area contributed by atoms with Crippen LogP contribution in [0.15, 0.2) is 0 Å². The summed E-state index contributed by atoms with van der Waals surface area (Å²) in [5, 5.41) is 1.29. The van der Waals surface area contributed by atoms with Crippen molar-refractivity contribution in [1.29, 1.82) is 0 Å². The Bertz CT molecular complexity index is 746. The molecule has 37 heavy (non-hydrogen) atoms. The SMILES string of the molecule is O=C1c2sc(C3CCCCCCCCCCCCC3)nc2CCN1C1CCCCCCCCCCCC1. The molecule has 0 radical (unpaired) electrons. The van der Waals surface area contributed by atoms with Gasteiger partial charge in [-0.25, -0.2) is 4.98 Å². The minimum absolute atomic E-state index is 0.320. The molecule has 0 bridgehead atoms. The van der Waals surface area contributed by atoms with Crippen LogP contribution in [0.25, 0.3) is 0 Å². The largest absolute Gasteiger partial charge is 0.335 e. The van der Waals surface area contributed by atoms with E-state index in [0.29, 0.717) is 17.9 Å². The zero-order chi connectivity index (χ0) is 25.5. The van der Waals surface area contributed by atoms with Crippen molar-refractivity contribution < 1.29 is 4.79 Å². The Kier molecular flexibility index (Phi) is 13.3. The number of thiazole rings is 1. The molecule has 1 aromatic heterocycles. The Labute approximate surface area is 232 Å². The van der Waals surface area contributed by atoms with Crippen LogP contribution >= 0.6 is 11.3 Å². The maximum atomic E-state index is 13.8. The van der Waals surface area contributed by atoms with Crippen molar-refractivity contribution in [2.24, 2.45) is 0 Å². The fourth-order valence-electron chi connectivity index (χ4n) is 7.08. The van der Waals surface area contributed by atoms with Crippen molar-refractivity contribution in [2.75, 3.05) is 6.54 Å². The third kappa shape index (κ3) is 9.66. The second kappa shape index (κ2) is 16.9. The van der Waals surface area contributed by atoms with Gasteiger partial charge in [0.1, 0.15) is 4.88 Å². The molecule has 2 saturated carbocycles. The summed E-state index contributed by atoms with van der Waals surface area (Å²) in [4.78, 5) is 22.3. The maximum Gasteiger partial charge on any atom is 0.266 e. The van der Waals surface area contributed by atoms with Gasteiger partial charge in [0.05, 0.1) is 10.7 Å². The van der Waals surface area contributed by atoms with Crippen molar-refractivity contribution in [3.05, 3.63) is 15.6 Å². The maximum absolute atomic E-state index is 13.8. The highest BCUT2D eigenvalue weighted by Crippen LogP contribution is 2.36. The molecule has 2 heterocycles. The van der Waals surface area contributed by atoms with Crippen LogP contribution in [0.4, 0.5) is 0 Å². The molecule has 4 heteroatoms. The molecule has 210 valence electrons. The summed E-state index contributed by atoms with van der Waals surface area (Å²) in [5.74, 6) is 0.894. The lowest BCUT2D eigenvalue weighted by Crippen LogP contribution is -2.44. The highest BCUT2D eigenvalue weighted by molar-refractivity contribution is 7.13. The predicted octanol–water partition coefficient (Wildman–Crippen LogP) is 10.4. The van der Waals surface area contributed by atoms with Gasteiger partial charge < -0.3 is 4.90 Å². The molecule has 1 aliphatic heterocycles. The van der Waals surface area contributed by atoms with Gasteiger partial charge in [-0.05, 0) is 25.7 Å². The molecule has 4 rings (SSSR count). The van der Waals surface area contributed by atoms with Crippen LogP contribution in [-0.4, -0.2) is 28.4 Å². The van der Waals surface area contributed by atoms with E-state index < -0.39 is 0 Å². The van der Waals surface area contributed by atoms with Crippen LogP contribution in [0.2, 0.25) is 0 Å². The van der Waals surface area contributed by atoms with Crippen LogP contribution in [-0.2, 0) is 6.42 Å². The number of rotatable bonds is 2. The van der Waals surface area contributed by atoms with Crippen molar-refractivity contribution in [2.45, 2.75) is 179 Å². The molecule has 3 aliphatic rings. The third-order valence-electron chi connectivity index (χ3n) is 9.48. The average Bonchev–Trinajstić information content (AvgIpc) is 3.35. The summed E-state index contributed by atoms with van der Waals surface area (Å²) in [7, 11) is 0. The van der Waals surface area contributed by atoms with Crippen molar-refractivity contribution in [3.8, 4) is 0 Å². The van der Waals surface area contributed by atoms with Crippen LogP contribution in [0.1, 0.15) is 187 Å². The van der Waals surface area contributed by atoms with E-state index in [2.05, 4.69) is 4.90 Å². The molecule has 1 amide bonds. The molecule has 0 aromatic carbocycles. The van der Waals surface area contributed by atoms with Gasteiger partial charge in [-0.15, -0.1) is 11.3 Å². The lowest BCUT2D eigenvalue weighted by atomic mass is 9.93. The lowest BCUT2D eigenvalue weighted by molar-refractivity contribution is 0.0637. The van der Waals surface area contributed by atoms with Gasteiger partial charge >= 0.3 is 0 Å². The number of aromatic nitrogens is 1. The fourth-order valence-corrected chi connectivity index (χ4v) is 8.32. The number of nitrogens with zero attached hydrogens (tertiary/aromatic N) is 2. The number of hydrogen-bond donors (Lipinski definition) is 0. The van der Waals surface area contributed by atoms with Crippen molar-refractivity contribution in [3.63, 3.8) is 0 Å². The highest BCUT2D eigenvalue weighted by Gasteiger charge is 2.33. The fraction of sp³-hybridized carbons (Fsp3) is 0.879. The minimum Gasteiger partial charge on any atom is -0.335 e. The smallest absolute Gasteiger partial charge is 0.266 e. The summed E-state index contributed by atoms with van der Waals surface area (Å²) >= 11 is 1.79. The first-order valence-corrected chi connectivity index (χ1v) is 17.4. The Morgan fingerprint density at radius 2 is 0.973 bits per heavy atom. The first kappa shape index (κ1) is 29.1. The number of fused-ring (bicyclic) bond motifs is 1. The second-order valence-corrected chi connectivity index (χ2v) is 13.5. The first-order valence-electron chi connectivity index (χ1n) is 16.6. The van der Waals surface area contributed by atoms with Crippen LogP contribution in [0.5, 0.6) is 0 Å². The van der Waals surface area contributed by atoms with E-state index in [1.807, 2.05) is 0 Å². The van der Waals surface area contributed by atoms with Crippen LogP contribution < -0.4 is 0 Å². The lowest BCUT2D eigenvalue weighted by Gasteiger charge is -2.34. The minimum atomic E-state index is 0.320. The molecule has 1 aromatic rings. The predicted molar refractivity (Wildman–Crippen MR) is 159 cm³/mol. The Balaban J connectivity index is 1.39. The average molecular weight is 529 g/mol. The Morgan fingerprint density at radius 3 is 1.43 bits per heavy atom. The Morgan fingerprint density at radius 1 is 0.568 bits per heavy atom. The normalized spacial score (nSPS) is 24.3.